The summed E-state index contributed by atoms with van der Waals surface area (Å²) >= 11 is 0. The Labute approximate surface area is 90.4 Å². The topological polar surface area (TPSA) is 25.8 Å². The molecule has 2 heteroatoms. The zero-order valence-corrected chi connectivity index (χ0v) is 9.70. The van der Waals surface area contributed by atoms with Gasteiger partial charge in [0, 0.05) is 17.8 Å². The highest BCUT2D eigenvalue weighted by Gasteiger charge is 2.19. The zero-order chi connectivity index (χ0) is 11.1. The number of hydrogen-bond acceptors (Lipinski definition) is 2. The largest absolute Gasteiger partial charge is 0.262 e. The van der Waals surface area contributed by atoms with Gasteiger partial charge in [-0.15, -0.1) is 0 Å². The van der Waals surface area contributed by atoms with Crippen molar-refractivity contribution in [2.45, 2.75) is 33.1 Å². The average molecular weight is 200 g/mol. The highest BCUT2D eigenvalue weighted by Crippen LogP contribution is 2.31. The van der Waals surface area contributed by atoms with E-state index >= 15 is 0 Å². The monoisotopic (exact) mass is 200 g/mol. The summed E-state index contributed by atoms with van der Waals surface area (Å²) in [5, 5.41) is 1.22. The lowest BCUT2D eigenvalue weighted by molar-refractivity contribution is 0.591. The molecule has 2 aromatic rings. The maximum atomic E-state index is 4.39. The van der Waals surface area contributed by atoms with Crippen molar-refractivity contribution in [1.29, 1.82) is 0 Å². The second-order valence-electron chi connectivity index (χ2n) is 4.96. The van der Waals surface area contributed by atoms with Crippen molar-refractivity contribution in [3.05, 3.63) is 35.8 Å². The van der Waals surface area contributed by atoms with Gasteiger partial charge in [0.2, 0.25) is 0 Å². The van der Waals surface area contributed by atoms with Crippen molar-refractivity contribution in [2.24, 2.45) is 0 Å². The fourth-order valence-electron chi connectivity index (χ4n) is 2.14. The van der Waals surface area contributed by atoms with E-state index in [0.29, 0.717) is 0 Å². The average Bonchev–Trinajstić information content (AvgIpc) is 2.15. The summed E-state index contributed by atoms with van der Waals surface area (Å²) in [5.74, 6) is 0. The lowest BCUT2D eigenvalue weighted by atomic mass is 9.82. The van der Waals surface area contributed by atoms with Crippen molar-refractivity contribution in [2.75, 3.05) is 0 Å². The van der Waals surface area contributed by atoms with Crippen LogP contribution in [0.2, 0.25) is 0 Å². The van der Waals surface area contributed by atoms with Gasteiger partial charge >= 0.3 is 0 Å². The Morgan fingerprint density at radius 3 is 2.53 bits per heavy atom. The molecule has 2 nitrogen and oxygen atoms in total. The SMILES string of the molecule is Cc1cnc2cnccc2c1C(C)(C)C. The van der Waals surface area contributed by atoms with Gasteiger partial charge in [0.25, 0.3) is 0 Å². The molecule has 0 aliphatic carbocycles. The van der Waals surface area contributed by atoms with Crippen molar-refractivity contribution >= 4 is 10.9 Å². The summed E-state index contributed by atoms with van der Waals surface area (Å²) in [5.41, 5.74) is 3.75. The van der Waals surface area contributed by atoms with Gasteiger partial charge in [0.15, 0.2) is 0 Å². The van der Waals surface area contributed by atoms with Crippen molar-refractivity contribution in [3.63, 3.8) is 0 Å². The Bertz CT molecular complexity index is 495. The summed E-state index contributed by atoms with van der Waals surface area (Å²) < 4.78 is 0. The first kappa shape index (κ1) is 10.1. The minimum absolute atomic E-state index is 0.145. The number of nitrogens with zero attached hydrogens (tertiary/aromatic N) is 2. The summed E-state index contributed by atoms with van der Waals surface area (Å²) in [7, 11) is 0. The minimum atomic E-state index is 0.145. The van der Waals surface area contributed by atoms with E-state index in [-0.39, 0.29) is 5.41 Å². The molecule has 0 spiro atoms. The van der Waals surface area contributed by atoms with Crippen LogP contribution < -0.4 is 0 Å². The van der Waals surface area contributed by atoms with Crippen LogP contribution in [0.15, 0.2) is 24.7 Å². The standard InChI is InChI=1S/C13H16N2/c1-9-7-15-11-8-14-6-5-10(11)12(9)13(2,3)4/h5-8H,1-4H3. The summed E-state index contributed by atoms with van der Waals surface area (Å²) in [6.45, 7) is 8.81. The molecule has 15 heavy (non-hydrogen) atoms. The molecule has 0 radical (unpaired) electrons. The normalized spacial score (nSPS) is 12.0. The maximum Gasteiger partial charge on any atom is 0.0888 e. The van der Waals surface area contributed by atoms with E-state index in [1.165, 1.54) is 16.5 Å². The second-order valence-corrected chi connectivity index (χ2v) is 4.96. The first-order valence-corrected chi connectivity index (χ1v) is 5.20. The first-order valence-electron chi connectivity index (χ1n) is 5.20. The van der Waals surface area contributed by atoms with Gasteiger partial charge in [-0.3, -0.25) is 9.97 Å². The molecular weight excluding hydrogens is 184 g/mol. The van der Waals surface area contributed by atoms with Crippen LogP contribution in [0, 0.1) is 6.92 Å². The predicted molar refractivity (Wildman–Crippen MR) is 63.0 cm³/mol. The van der Waals surface area contributed by atoms with Crippen LogP contribution in [-0.4, -0.2) is 9.97 Å². The number of rotatable bonds is 0. The molecule has 0 bridgehead atoms. The van der Waals surface area contributed by atoms with Crippen LogP contribution in [0.3, 0.4) is 0 Å². The van der Waals surface area contributed by atoms with Crippen LogP contribution in [0.5, 0.6) is 0 Å². The van der Waals surface area contributed by atoms with Crippen molar-refractivity contribution in [1.82, 2.24) is 9.97 Å². The third kappa shape index (κ3) is 1.72. The van der Waals surface area contributed by atoms with Gasteiger partial charge < -0.3 is 0 Å². The lowest BCUT2D eigenvalue weighted by Crippen LogP contribution is -2.14. The lowest BCUT2D eigenvalue weighted by Gasteiger charge is -2.23. The molecule has 0 amide bonds. The predicted octanol–water partition coefficient (Wildman–Crippen LogP) is 3.24. The molecule has 0 fully saturated rings. The van der Waals surface area contributed by atoms with Crippen LogP contribution in [-0.2, 0) is 5.41 Å². The fraction of sp³-hybridized carbons (Fsp3) is 0.385. The van der Waals surface area contributed by atoms with E-state index in [1.54, 1.807) is 0 Å². The van der Waals surface area contributed by atoms with Gasteiger partial charge in [-0.1, -0.05) is 20.8 Å². The number of aryl methyl sites for hydroxylation is 1. The van der Waals surface area contributed by atoms with E-state index in [2.05, 4.69) is 43.7 Å². The van der Waals surface area contributed by atoms with Crippen LogP contribution in [0.1, 0.15) is 31.9 Å². The van der Waals surface area contributed by atoms with E-state index in [4.69, 9.17) is 0 Å². The van der Waals surface area contributed by atoms with Gasteiger partial charge in [-0.2, -0.15) is 0 Å². The third-order valence-corrected chi connectivity index (χ3v) is 2.61. The summed E-state index contributed by atoms with van der Waals surface area (Å²) in [4.78, 5) is 8.50. The Morgan fingerprint density at radius 2 is 1.87 bits per heavy atom. The quantitative estimate of drug-likeness (QED) is 0.652. The highest BCUT2D eigenvalue weighted by atomic mass is 14.7. The fourth-order valence-corrected chi connectivity index (χ4v) is 2.14. The molecule has 0 saturated heterocycles. The minimum Gasteiger partial charge on any atom is -0.262 e. The van der Waals surface area contributed by atoms with Crippen molar-refractivity contribution in [3.8, 4) is 0 Å². The molecule has 0 atom stereocenters. The number of pyridine rings is 2. The van der Waals surface area contributed by atoms with Gasteiger partial charge in [-0.05, 0) is 29.5 Å². The smallest absolute Gasteiger partial charge is 0.0888 e. The van der Waals surface area contributed by atoms with Gasteiger partial charge in [0.1, 0.15) is 0 Å². The summed E-state index contributed by atoms with van der Waals surface area (Å²) in [6.07, 6.45) is 5.59. The molecule has 0 N–H and O–H groups in total. The molecule has 2 aromatic heterocycles. The van der Waals surface area contributed by atoms with Crippen LogP contribution >= 0.6 is 0 Å². The molecular formula is C13H16N2. The molecule has 0 saturated carbocycles. The zero-order valence-electron chi connectivity index (χ0n) is 9.70. The highest BCUT2D eigenvalue weighted by molar-refractivity contribution is 5.83. The molecule has 78 valence electrons. The molecule has 2 rings (SSSR count). The van der Waals surface area contributed by atoms with E-state index < -0.39 is 0 Å². The van der Waals surface area contributed by atoms with E-state index in [1.807, 2.05) is 18.6 Å². The number of hydrogen-bond donors (Lipinski definition) is 0. The first-order chi connectivity index (χ1) is 7.00. The summed E-state index contributed by atoms with van der Waals surface area (Å²) in [6, 6.07) is 2.05. The number of fused-ring (bicyclic) bond motifs is 1. The molecule has 2 heterocycles. The second kappa shape index (κ2) is 3.30. The Balaban J connectivity index is 2.86. The van der Waals surface area contributed by atoms with Gasteiger partial charge in [-0.25, -0.2) is 0 Å². The van der Waals surface area contributed by atoms with Crippen LogP contribution in [0.25, 0.3) is 10.9 Å². The molecule has 0 aromatic carbocycles. The number of aromatic nitrogens is 2. The Hall–Kier alpha value is -1.44. The van der Waals surface area contributed by atoms with E-state index in [9.17, 15) is 0 Å². The molecule has 0 aliphatic rings. The van der Waals surface area contributed by atoms with Gasteiger partial charge in [0.05, 0.1) is 11.7 Å². The Kier molecular flexibility index (Phi) is 2.22. The maximum absolute atomic E-state index is 4.39. The van der Waals surface area contributed by atoms with E-state index in [0.717, 1.165) is 5.52 Å². The molecule has 0 unspecified atom stereocenters. The van der Waals surface area contributed by atoms with Crippen LogP contribution in [0.4, 0.5) is 0 Å². The Morgan fingerprint density at radius 1 is 1.13 bits per heavy atom. The van der Waals surface area contributed by atoms with Crippen molar-refractivity contribution < 1.29 is 0 Å². The third-order valence-electron chi connectivity index (χ3n) is 2.61. The molecule has 0 aliphatic heterocycles.